The van der Waals surface area contributed by atoms with Gasteiger partial charge in [0.25, 0.3) is 0 Å². The van der Waals surface area contributed by atoms with Crippen LogP contribution in [0.2, 0.25) is 0 Å². The summed E-state index contributed by atoms with van der Waals surface area (Å²) in [5.74, 6) is 0.880. The minimum Gasteiger partial charge on any atom is -0.331 e. The Morgan fingerprint density at radius 1 is 1.69 bits per heavy atom. The zero-order valence-corrected chi connectivity index (χ0v) is 8.11. The van der Waals surface area contributed by atoms with E-state index >= 15 is 0 Å². The summed E-state index contributed by atoms with van der Waals surface area (Å²) >= 11 is 0. The van der Waals surface area contributed by atoms with E-state index in [4.69, 9.17) is 5.73 Å². The van der Waals surface area contributed by atoms with Crippen LogP contribution in [0.25, 0.3) is 0 Å². The zero-order chi connectivity index (χ0) is 9.26. The van der Waals surface area contributed by atoms with Crippen molar-refractivity contribution < 1.29 is 0 Å². The van der Waals surface area contributed by atoms with Gasteiger partial charge in [-0.2, -0.15) is 0 Å². The predicted octanol–water partition coefficient (Wildman–Crippen LogP) is 1.36. The fourth-order valence-electron chi connectivity index (χ4n) is 1.98. The maximum absolute atomic E-state index is 5.54. The molecule has 0 aliphatic heterocycles. The van der Waals surface area contributed by atoms with Crippen molar-refractivity contribution in [3.05, 3.63) is 18.2 Å². The molecule has 1 aromatic rings. The number of imidazole rings is 1. The van der Waals surface area contributed by atoms with Crippen LogP contribution in [0.5, 0.6) is 0 Å². The van der Waals surface area contributed by atoms with E-state index in [1.54, 1.807) is 0 Å². The topological polar surface area (TPSA) is 43.8 Å². The van der Waals surface area contributed by atoms with Crippen LogP contribution in [0.1, 0.15) is 31.5 Å². The minimum atomic E-state index is 0.717. The van der Waals surface area contributed by atoms with Gasteiger partial charge in [-0.15, -0.1) is 0 Å². The highest BCUT2D eigenvalue weighted by atomic mass is 15.1. The number of rotatable bonds is 4. The third kappa shape index (κ3) is 1.61. The van der Waals surface area contributed by atoms with Gasteiger partial charge in [-0.1, -0.05) is 13.3 Å². The highest BCUT2D eigenvalue weighted by Gasteiger charge is 2.37. The maximum atomic E-state index is 5.54. The Hall–Kier alpha value is -0.830. The molecule has 1 aromatic heterocycles. The molecular weight excluding hydrogens is 162 g/mol. The van der Waals surface area contributed by atoms with Gasteiger partial charge in [-0.05, 0) is 18.9 Å². The SMILES string of the molecule is CCC1CC1n1cncc1CCN. The first-order valence-electron chi connectivity index (χ1n) is 5.07. The molecule has 3 heteroatoms. The molecule has 1 aliphatic rings. The first-order chi connectivity index (χ1) is 6.36. The Kier molecular flexibility index (Phi) is 2.36. The fraction of sp³-hybridized carbons (Fsp3) is 0.700. The van der Waals surface area contributed by atoms with Crippen molar-refractivity contribution in [2.24, 2.45) is 11.7 Å². The van der Waals surface area contributed by atoms with E-state index in [2.05, 4.69) is 16.5 Å². The molecule has 0 spiro atoms. The van der Waals surface area contributed by atoms with E-state index in [9.17, 15) is 0 Å². The summed E-state index contributed by atoms with van der Waals surface area (Å²) in [6.07, 6.45) is 7.45. The molecular formula is C10H17N3. The molecule has 0 aromatic carbocycles. The summed E-state index contributed by atoms with van der Waals surface area (Å²) in [5.41, 5.74) is 6.83. The van der Waals surface area contributed by atoms with Crippen molar-refractivity contribution in [3.63, 3.8) is 0 Å². The molecule has 1 saturated carbocycles. The van der Waals surface area contributed by atoms with E-state index in [1.165, 1.54) is 18.5 Å². The van der Waals surface area contributed by atoms with Crippen LogP contribution < -0.4 is 5.73 Å². The van der Waals surface area contributed by atoms with Gasteiger partial charge in [-0.25, -0.2) is 4.98 Å². The lowest BCUT2D eigenvalue weighted by Crippen LogP contribution is -2.08. The molecule has 2 atom stereocenters. The Morgan fingerprint density at radius 2 is 2.54 bits per heavy atom. The van der Waals surface area contributed by atoms with Crippen molar-refractivity contribution in [1.82, 2.24) is 9.55 Å². The lowest BCUT2D eigenvalue weighted by molar-refractivity contribution is 0.615. The zero-order valence-electron chi connectivity index (χ0n) is 8.11. The number of aromatic nitrogens is 2. The first-order valence-corrected chi connectivity index (χ1v) is 5.07. The van der Waals surface area contributed by atoms with Crippen molar-refractivity contribution >= 4 is 0 Å². The van der Waals surface area contributed by atoms with E-state index in [0.717, 1.165) is 18.9 Å². The molecule has 1 fully saturated rings. The number of nitrogens with zero attached hydrogens (tertiary/aromatic N) is 2. The van der Waals surface area contributed by atoms with E-state index < -0.39 is 0 Å². The fourth-order valence-corrected chi connectivity index (χ4v) is 1.98. The third-order valence-electron chi connectivity index (χ3n) is 2.91. The van der Waals surface area contributed by atoms with Gasteiger partial charge in [0.05, 0.1) is 6.33 Å². The van der Waals surface area contributed by atoms with Gasteiger partial charge in [0, 0.05) is 24.4 Å². The van der Waals surface area contributed by atoms with Crippen LogP contribution in [0.3, 0.4) is 0 Å². The monoisotopic (exact) mass is 179 g/mol. The van der Waals surface area contributed by atoms with Crippen molar-refractivity contribution in [2.45, 2.75) is 32.2 Å². The number of hydrogen-bond donors (Lipinski definition) is 1. The quantitative estimate of drug-likeness (QED) is 0.758. The average Bonchev–Trinajstić information content (AvgIpc) is 2.79. The second-order valence-corrected chi connectivity index (χ2v) is 3.80. The molecule has 2 N–H and O–H groups in total. The summed E-state index contributed by atoms with van der Waals surface area (Å²) in [6.45, 7) is 2.97. The van der Waals surface area contributed by atoms with Crippen LogP contribution in [-0.2, 0) is 6.42 Å². The second kappa shape index (κ2) is 3.50. The Morgan fingerprint density at radius 3 is 3.15 bits per heavy atom. The summed E-state index contributed by atoms with van der Waals surface area (Å²) in [4.78, 5) is 4.18. The van der Waals surface area contributed by atoms with Crippen LogP contribution >= 0.6 is 0 Å². The lowest BCUT2D eigenvalue weighted by Gasteiger charge is -2.05. The van der Waals surface area contributed by atoms with Crippen LogP contribution in [0.15, 0.2) is 12.5 Å². The third-order valence-corrected chi connectivity index (χ3v) is 2.91. The van der Waals surface area contributed by atoms with Gasteiger partial charge in [-0.3, -0.25) is 0 Å². The molecule has 13 heavy (non-hydrogen) atoms. The van der Waals surface area contributed by atoms with Gasteiger partial charge in [0.2, 0.25) is 0 Å². The summed E-state index contributed by atoms with van der Waals surface area (Å²) in [6, 6.07) is 0.717. The average molecular weight is 179 g/mol. The molecule has 0 radical (unpaired) electrons. The Balaban J connectivity index is 2.07. The van der Waals surface area contributed by atoms with Crippen LogP contribution in [-0.4, -0.2) is 16.1 Å². The summed E-state index contributed by atoms with van der Waals surface area (Å²) < 4.78 is 2.31. The lowest BCUT2D eigenvalue weighted by atomic mass is 10.3. The van der Waals surface area contributed by atoms with Crippen molar-refractivity contribution in [2.75, 3.05) is 6.54 Å². The van der Waals surface area contributed by atoms with Gasteiger partial charge in [0.1, 0.15) is 0 Å². The molecule has 2 unspecified atom stereocenters. The molecule has 0 bridgehead atoms. The largest absolute Gasteiger partial charge is 0.331 e. The van der Waals surface area contributed by atoms with Crippen molar-refractivity contribution in [1.29, 1.82) is 0 Å². The highest BCUT2D eigenvalue weighted by molar-refractivity contribution is 5.06. The Bertz CT molecular complexity index is 279. The van der Waals surface area contributed by atoms with E-state index in [1.807, 2.05) is 12.5 Å². The minimum absolute atomic E-state index is 0.717. The smallest absolute Gasteiger partial charge is 0.0950 e. The summed E-state index contributed by atoms with van der Waals surface area (Å²) in [7, 11) is 0. The Labute approximate surface area is 79.0 Å². The predicted molar refractivity (Wildman–Crippen MR) is 52.4 cm³/mol. The standard InChI is InChI=1S/C10H17N3/c1-2-8-5-10(8)13-7-12-6-9(13)3-4-11/h6-8,10H,2-5,11H2,1H3. The molecule has 1 heterocycles. The molecule has 1 aliphatic carbocycles. The van der Waals surface area contributed by atoms with Crippen LogP contribution in [0.4, 0.5) is 0 Å². The van der Waals surface area contributed by atoms with Gasteiger partial charge < -0.3 is 10.3 Å². The van der Waals surface area contributed by atoms with Crippen molar-refractivity contribution in [3.8, 4) is 0 Å². The van der Waals surface area contributed by atoms with Gasteiger partial charge >= 0.3 is 0 Å². The molecule has 0 amide bonds. The van der Waals surface area contributed by atoms with Gasteiger partial charge in [0.15, 0.2) is 0 Å². The van der Waals surface area contributed by atoms with Crippen LogP contribution in [0, 0.1) is 5.92 Å². The van der Waals surface area contributed by atoms with E-state index in [0.29, 0.717) is 6.04 Å². The first kappa shape index (κ1) is 8.75. The van der Waals surface area contributed by atoms with E-state index in [-0.39, 0.29) is 0 Å². The summed E-state index contributed by atoms with van der Waals surface area (Å²) in [5, 5.41) is 0. The molecule has 3 nitrogen and oxygen atoms in total. The highest BCUT2D eigenvalue weighted by Crippen LogP contribution is 2.45. The molecule has 2 rings (SSSR count). The number of hydrogen-bond acceptors (Lipinski definition) is 2. The second-order valence-electron chi connectivity index (χ2n) is 3.80. The molecule has 0 saturated heterocycles. The number of nitrogens with two attached hydrogens (primary N) is 1. The molecule has 72 valence electrons. The maximum Gasteiger partial charge on any atom is 0.0950 e. The normalized spacial score (nSPS) is 26.3.